The molecular weight excluding hydrogens is 330 g/mol. The van der Waals surface area contributed by atoms with Crippen molar-refractivity contribution in [2.24, 2.45) is 5.92 Å². The predicted molar refractivity (Wildman–Crippen MR) is 102 cm³/mol. The fourth-order valence-corrected chi connectivity index (χ4v) is 2.77. The quantitative estimate of drug-likeness (QED) is 0.619. The summed E-state index contributed by atoms with van der Waals surface area (Å²) in [6.07, 6.45) is 3.04. The smallest absolute Gasteiger partial charge is 0.251 e. The molecule has 142 valence electrons. The van der Waals surface area contributed by atoms with Crippen molar-refractivity contribution in [3.63, 3.8) is 0 Å². The van der Waals surface area contributed by atoms with Crippen LogP contribution in [-0.2, 0) is 4.79 Å². The highest BCUT2D eigenvalue weighted by Gasteiger charge is 2.24. The van der Waals surface area contributed by atoms with E-state index in [4.69, 9.17) is 4.74 Å². The SMILES string of the molecule is CCOc1ccc(C(=O)NC(C(=O)NCC2=CCNCC2)C(C)C)cc1. The van der Waals surface area contributed by atoms with Gasteiger partial charge in [-0.05, 0) is 50.1 Å². The van der Waals surface area contributed by atoms with Gasteiger partial charge in [-0.3, -0.25) is 9.59 Å². The highest BCUT2D eigenvalue weighted by atomic mass is 16.5. The largest absolute Gasteiger partial charge is 0.494 e. The zero-order valence-electron chi connectivity index (χ0n) is 15.8. The summed E-state index contributed by atoms with van der Waals surface area (Å²) in [5.41, 5.74) is 1.73. The Bertz CT molecular complexity index is 638. The molecule has 2 rings (SSSR count). The molecule has 1 atom stereocenters. The van der Waals surface area contributed by atoms with Crippen molar-refractivity contribution < 1.29 is 14.3 Å². The molecule has 0 aliphatic carbocycles. The zero-order chi connectivity index (χ0) is 18.9. The molecule has 6 nitrogen and oxygen atoms in total. The van der Waals surface area contributed by atoms with Gasteiger partial charge >= 0.3 is 0 Å². The molecule has 0 fully saturated rings. The van der Waals surface area contributed by atoms with E-state index in [1.165, 1.54) is 5.57 Å². The van der Waals surface area contributed by atoms with Crippen LogP contribution in [0.5, 0.6) is 5.75 Å². The number of ether oxygens (including phenoxy) is 1. The van der Waals surface area contributed by atoms with E-state index in [1.807, 2.05) is 20.8 Å². The molecule has 1 aliphatic heterocycles. The van der Waals surface area contributed by atoms with Crippen LogP contribution in [-0.4, -0.2) is 44.1 Å². The molecule has 0 aromatic heterocycles. The van der Waals surface area contributed by atoms with Crippen LogP contribution in [0.15, 0.2) is 35.9 Å². The van der Waals surface area contributed by atoms with Crippen molar-refractivity contribution in [2.45, 2.75) is 33.2 Å². The molecule has 0 saturated heterocycles. The Balaban J connectivity index is 1.94. The Morgan fingerprint density at radius 3 is 2.54 bits per heavy atom. The second-order valence-corrected chi connectivity index (χ2v) is 6.69. The maximum atomic E-state index is 12.5. The number of carbonyl (C=O) groups is 2. The van der Waals surface area contributed by atoms with Crippen molar-refractivity contribution >= 4 is 11.8 Å². The van der Waals surface area contributed by atoms with Gasteiger partial charge in [-0.25, -0.2) is 0 Å². The fourth-order valence-electron chi connectivity index (χ4n) is 2.77. The summed E-state index contributed by atoms with van der Waals surface area (Å²) in [6, 6.07) is 6.35. The topological polar surface area (TPSA) is 79.5 Å². The van der Waals surface area contributed by atoms with Gasteiger partial charge in [0.25, 0.3) is 5.91 Å². The molecule has 1 aliphatic rings. The lowest BCUT2D eigenvalue weighted by Gasteiger charge is -2.23. The van der Waals surface area contributed by atoms with Crippen molar-refractivity contribution in [1.82, 2.24) is 16.0 Å². The molecule has 1 aromatic rings. The second-order valence-electron chi connectivity index (χ2n) is 6.69. The average molecular weight is 359 g/mol. The molecule has 0 spiro atoms. The Morgan fingerprint density at radius 1 is 1.23 bits per heavy atom. The van der Waals surface area contributed by atoms with E-state index in [1.54, 1.807) is 24.3 Å². The highest BCUT2D eigenvalue weighted by Crippen LogP contribution is 2.13. The van der Waals surface area contributed by atoms with Crippen LogP contribution in [0.2, 0.25) is 0 Å². The molecule has 1 unspecified atom stereocenters. The zero-order valence-corrected chi connectivity index (χ0v) is 15.8. The first-order chi connectivity index (χ1) is 12.5. The van der Waals surface area contributed by atoms with Gasteiger partial charge in [0.1, 0.15) is 11.8 Å². The normalized spacial score (nSPS) is 15.2. The molecule has 2 amide bonds. The first-order valence-corrected chi connectivity index (χ1v) is 9.21. The lowest BCUT2D eigenvalue weighted by molar-refractivity contribution is -0.123. The van der Waals surface area contributed by atoms with E-state index in [0.717, 1.165) is 25.3 Å². The maximum Gasteiger partial charge on any atom is 0.251 e. The van der Waals surface area contributed by atoms with Crippen LogP contribution in [0.1, 0.15) is 37.6 Å². The molecule has 0 radical (unpaired) electrons. The van der Waals surface area contributed by atoms with Crippen LogP contribution >= 0.6 is 0 Å². The molecule has 0 bridgehead atoms. The van der Waals surface area contributed by atoms with E-state index in [0.29, 0.717) is 18.7 Å². The Labute approximate surface area is 155 Å². The summed E-state index contributed by atoms with van der Waals surface area (Å²) < 4.78 is 5.38. The molecule has 1 aromatic carbocycles. The van der Waals surface area contributed by atoms with Gasteiger partial charge in [-0.1, -0.05) is 25.5 Å². The third-order valence-corrected chi connectivity index (χ3v) is 4.31. The van der Waals surface area contributed by atoms with Gasteiger partial charge < -0.3 is 20.7 Å². The third-order valence-electron chi connectivity index (χ3n) is 4.31. The second kappa shape index (κ2) is 9.97. The Morgan fingerprint density at radius 2 is 1.96 bits per heavy atom. The number of benzene rings is 1. The molecule has 1 heterocycles. The standard InChI is InChI=1S/C20H29N3O3/c1-4-26-17-7-5-16(6-8-17)19(24)23-18(14(2)3)20(25)22-13-15-9-11-21-12-10-15/h5-9,14,18,21H,4,10-13H2,1-3H3,(H,22,25)(H,23,24). The van der Waals surface area contributed by atoms with E-state index >= 15 is 0 Å². The number of amides is 2. The third kappa shape index (κ3) is 5.88. The van der Waals surface area contributed by atoms with Crippen LogP contribution in [0, 0.1) is 5.92 Å². The predicted octanol–water partition coefficient (Wildman–Crippen LogP) is 1.88. The summed E-state index contributed by atoms with van der Waals surface area (Å²) in [6.45, 7) is 8.64. The summed E-state index contributed by atoms with van der Waals surface area (Å²) in [7, 11) is 0. The van der Waals surface area contributed by atoms with Gasteiger partial charge in [0, 0.05) is 18.7 Å². The minimum atomic E-state index is -0.573. The Hall–Kier alpha value is -2.34. The maximum absolute atomic E-state index is 12.5. The molecular formula is C20H29N3O3. The lowest BCUT2D eigenvalue weighted by Crippen LogP contribution is -2.50. The Kier molecular flexibility index (Phi) is 7.66. The number of nitrogens with one attached hydrogen (secondary N) is 3. The molecule has 26 heavy (non-hydrogen) atoms. The molecule has 6 heteroatoms. The number of hydrogen-bond donors (Lipinski definition) is 3. The van der Waals surface area contributed by atoms with Gasteiger partial charge in [0.05, 0.1) is 6.61 Å². The minimum absolute atomic E-state index is 0.0105. The highest BCUT2D eigenvalue weighted by molar-refractivity contribution is 5.97. The fraction of sp³-hybridized carbons (Fsp3) is 0.500. The van der Waals surface area contributed by atoms with E-state index in [2.05, 4.69) is 22.0 Å². The lowest BCUT2D eigenvalue weighted by atomic mass is 10.0. The van der Waals surface area contributed by atoms with Crippen LogP contribution in [0.25, 0.3) is 0 Å². The van der Waals surface area contributed by atoms with Crippen LogP contribution in [0.3, 0.4) is 0 Å². The minimum Gasteiger partial charge on any atom is -0.494 e. The van der Waals surface area contributed by atoms with Gasteiger partial charge in [-0.15, -0.1) is 0 Å². The number of carbonyl (C=O) groups excluding carboxylic acids is 2. The van der Waals surface area contributed by atoms with Crippen LogP contribution in [0.4, 0.5) is 0 Å². The van der Waals surface area contributed by atoms with Crippen molar-refractivity contribution in [2.75, 3.05) is 26.2 Å². The van der Waals surface area contributed by atoms with Gasteiger partial charge in [0.15, 0.2) is 0 Å². The molecule has 3 N–H and O–H groups in total. The first kappa shape index (κ1) is 20.0. The van der Waals surface area contributed by atoms with Crippen molar-refractivity contribution in [3.05, 3.63) is 41.5 Å². The summed E-state index contributed by atoms with van der Waals surface area (Å²) in [5, 5.41) is 9.04. The van der Waals surface area contributed by atoms with Crippen LogP contribution < -0.4 is 20.7 Å². The summed E-state index contributed by atoms with van der Waals surface area (Å²) >= 11 is 0. The first-order valence-electron chi connectivity index (χ1n) is 9.21. The van der Waals surface area contributed by atoms with Gasteiger partial charge in [-0.2, -0.15) is 0 Å². The van der Waals surface area contributed by atoms with Crippen molar-refractivity contribution in [1.29, 1.82) is 0 Å². The van der Waals surface area contributed by atoms with Crippen molar-refractivity contribution in [3.8, 4) is 5.75 Å². The van der Waals surface area contributed by atoms with E-state index < -0.39 is 6.04 Å². The average Bonchev–Trinajstić information content (AvgIpc) is 2.65. The number of hydrogen-bond acceptors (Lipinski definition) is 4. The monoisotopic (exact) mass is 359 g/mol. The summed E-state index contributed by atoms with van der Waals surface area (Å²) in [4.78, 5) is 25.0. The molecule has 0 saturated carbocycles. The van der Waals surface area contributed by atoms with E-state index in [9.17, 15) is 9.59 Å². The van der Waals surface area contributed by atoms with Gasteiger partial charge in [0.2, 0.25) is 5.91 Å². The van der Waals surface area contributed by atoms with E-state index in [-0.39, 0.29) is 17.7 Å². The number of rotatable bonds is 8. The summed E-state index contributed by atoms with van der Waals surface area (Å²) in [5.74, 6) is 0.294.